The third-order valence-corrected chi connectivity index (χ3v) is 2.81. The van der Waals surface area contributed by atoms with E-state index in [0.717, 1.165) is 6.20 Å². The predicted molar refractivity (Wildman–Crippen MR) is 69.4 cm³/mol. The van der Waals surface area contributed by atoms with Crippen LogP contribution in [0.25, 0.3) is 0 Å². The van der Waals surface area contributed by atoms with Crippen LogP contribution in [0.2, 0.25) is 0 Å². The van der Waals surface area contributed by atoms with Gasteiger partial charge in [-0.2, -0.15) is 18.6 Å². The van der Waals surface area contributed by atoms with Gasteiger partial charge in [0, 0.05) is 12.7 Å². The highest BCUT2D eigenvalue weighted by atomic mass is 19.3. The van der Waals surface area contributed by atoms with Crippen molar-refractivity contribution in [3.8, 4) is 0 Å². The summed E-state index contributed by atoms with van der Waals surface area (Å²) < 4.78 is 26.4. The summed E-state index contributed by atoms with van der Waals surface area (Å²) >= 11 is 0. The van der Waals surface area contributed by atoms with Crippen LogP contribution in [-0.4, -0.2) is 36.9 Å². The fourth-order valence-corrected chi connectivity index (χ4v) is 1.74. The summed E-state index contributed by atoms with van der Waals surface area (Å²) in [6.07, 6.45) is 1.00. The molecule has 0 atom stereocenters. The Morgan fingerprint density at radius 3 is 2.77 bits per heavy atom. The second kappa shape index (κ2) is 6.28. The number of hydrogen-bond donors (Lipinski definition) is 1. The molecule has 9 nitrogen and oxygen atoms in total. The summed E-state index contributed by atoms with van der Waals surface area (Å²) in [6.45, 7) is -0.832. The number of nitrogens with zero attached hydrogens (tertiary/aromatic N) is 5. The van der Waals surface area contributed by atoms with Gasteiger partial charge < -0.3 is 15.4 Å². The zero-order valence-electron chi connectivity index (χ0n) is 11.4. The van der Waals surface area contributed by atoms with Crippen molar-refractivity contribution in [2.45, 2.75) is 20.0 Å². The van der Waals surface area contributed by atoms with Gasteiger partial charge in [-0.05, 0) is 17.9 Å². The molecule has 0 saturated heterocycles. The van der Waals surface area contributed by atoms with Gasteiger partial charge in [0.15, 0.2) is 0 Å². The maximum absolute atomic E-state index is 12.3. The summed E-state index contributed by atoms with van der Waals surface area (Å²) in [7, 11) is 0. The second-order valence-electron chi connectivity index (χ2n) is 4.34. The lowest BCUT2D eigenvalue weighted by Crippen LogP contribution is -2.28. The quantitative estimate of drug-likeness (QED) is 0.635. The number of carbonyl (C=O) groups is 1. The van der Waals surface area contributed by atoms with Crippen molar-refractivity contribution >= 4 is 11.7 Å². The predicted octanol–water partition coefficient (Wildman–Crippen LogP) is 1.12. The summed E-state index contributed by atoms with van der Waals surface area (Å²) in [5.41, 5.74) is 0.436. The number of amides is 1. The first-order valence-corrected chi connectivity index (χ1v) is 6.19. The van der Waals surface area contributed by atoms with Crippen LogP contribution < -0.4 is 5.32 Å². The standard InChI is InChI=1S/C11H12F2N6O3/c1-7-6-9(19(21)22)16-17(7)5-3-14-10(20)8-2-4-18(15-8)11(12)13/h2,4,6,11H,3,5H2,1H3,(H,14,20). The van der Waals surface area contributed by atoms with Gasteiger partial charge in [0.25, 0.3) is 5.91 Å². The van der Waals surface area contributed by atoms with E-state index in [1.165, 1.54) is 16.8 Å². The average Bonchev–Trinajstić information content (AvgIpc) is 3.06. The minimum absolute atomic E-state index is 0.125. The molecule has 1 N–H and O–H groups in total. The number of rotatable bonds is 6. The summed E-state index contributed by atoms with van der Waals surface area (Å²) in [4.78, 5) is 21.7. The molecule has 0 saturated carbocycles. The van der Waals surface area contributed by atoms with Gasteiger partial charge in [-0.3, -0.25) is 4.79 Å². The average molecular weight is 314 g/mol. The van der Waals surface area contributed by atoms with Crippen molar-refractivity contribution < 1.29 is 18.5 Å². The number of alkyl halides is 2. The van der Waals surface area contributed by atoms with E-state index in [2.05, 4.69) is 15.5 Å². The molecule has 2 aromatic heterocycles. The smallest absolute Gasteiger partial charge is 0.358 e. The molecule has 0 bridgehead atoms. The first-order valence-electron chi connectivity index (χ1n) is 6.19. The van der Waals surface area contributed by atoms with Crippen LogP contribution in [0.15, 0.2) is 18.3 Å². The van der Waals surface area contributed by atoms with Crippen LogP contribution in [0.5, 0.6) is 0 Å². The highest BCUT2D eigenvalue weighted by Gasteiger charge is 2.16. The Morgan fingerprint density at radius 1 is 1.50 bits per heavy atom. The van der Waals surface area contributed by atoms with Gasteiger partial charge >= 0.3 is 12.4 Å². The summed E-state index contributed by atoms with van der Waals surface area (Å²) in [6, 6.07) is 2.48. The molecule has 2 rings (SSSR count). The molecule has 1 amide bonds. The monoisotopic (exact) mass is 314 g/mol. The minimum Gasteiger partial charge on any atom is -0.358 e. The molecule has 0 aromatic carbocycles. The van der Waals surface area contributed by atoms with E-state index in [1.807, 2.05) is 0 Å². The topological polar surface area (TPSA) is 108 Å². The van der Waals surface area contributed by atoms with Crippen molar-refractivity contribution in [3.63, 3.8) is 0 Å². The number of nitro groups is 1. The molecule has 2 heterocycles. The number of carbonyl (C=O) groups excluding carboxylic acids is 1. The summed E-state index contributed by atoms with van der Waals surface area (Å²) in [5.74, 6) is -0.891. The van der Waals surface area contributed by atoms with Crippen molar-refractivity contribution in [2.75, 3.05) is 6.54 Å². The molecule has 0 unspecified atom stereocenters. The zero-order valence-corrected chi connectivity index (χ0v) is 11.4. The van der Waals surface area contributed by atoms with Gasteiger partial charge in [0.1, 0.15) is 5.69 Å². The Morgan fingerprint density at radius 2 is 2.23 bits per heavy atom. The third kappa shape index (κ3) is 3.42. The lowest BCUT2D eigenvalue weighted by atomic mass is 10.4. The van der Waals surface area contributed by atoms with E-state index >= 15 is 0 Å². The Kier molecular flexibility index (Phi) is 4.44. The van der Waals surface area contributed by atoms with Gasteiger partial charge in [0.2, 0.25) is 0 Å². The van der Waals surface area contributed by atoms with Crippen molar-refractivity contribution in [1.29, 1.82) is 0 Å². The fourth-order valence-electron chi connectivity index (χ4n) is 1.74. The van der Waals surface area contributed by atoms with E-state index in [1.54, 1.807) is 6.92 Å². The number of hydrogen-bond acceptors (Lipinski definition) is 5. The number of aryl methyl sites for hydroxylation is 1. The van der Waals surface area contributed by atoms with Crippen molar-refractivity contribution in [1.82, 2.24) is 24.9 Å². The molecule has 0 aliphatic rings. The minimum atomic E-state index is -2.81. The van der Waals surface area contributed by atoms with Crippen molar-refractivity contribution in [3.05, 3.63) is 39.8 Å². The SMILES string of the molecule is Cc1cc([N+](=O)[O-])nn1CCNC(=O)c1ccn(C(F)F)n1. The van der Waals surface area contributed by atoms with E-state index in [0.29, 0.717) is 10.4 Å². The van der Waals surface area contributed by atoms with E-state index in [9.17, 15) is 23.7 Å². The van der Waals surface area contributed by atoms with Crippen LogP contribution in [0.1, 0.15) is 22.7 Å². The second-order valence-corrected chi connectivity index (χ2v) is 4.34. The van der Waals surface area contributed by atoms with Gasteiger partial charge in [-0.25, -0.2) is 4.68 Å². The Hall–Kier alpha value is -2.85. The molecule has 0 aliphatic heterocycles. The number of nitrogens with one attached hydrogen (secondary N) is 1. The molecule has 0 aliphatic carbocycles. The lowest BCUT2D eigenvalue weighted by Gasteiger charge is -2.03. The maximum atomic E-state index is 12.3. The van der Waals surface area contributed by atoms with E-state index in [4.69, 9.17) is 0 Å². The molecule has 2 aromatic rings. The molecule has 118 valence electrons. The fraction of sp³-hybridized carbons (Fsp3) is 0.364. The molecule has 0 spiro atoms. The highest BCUT2D eigenvalue weighted by molar-refractivity contribution is 5.92. The Labute approximate surface area is 122 Å². The van der Waals surface area contributed by atoms with E-state index < -0.39 is 17.4 Å². The van der Waals surface area contributed by atoms with Crippen molar-refractivity contribution in [2.24, 2.45) is 0 Å². The first-order chi connectivity index (χ1) is 10.4. The molecular weight excluding hydrogens is 302 g/mol. The van der Waals surface area contributed by atoms with Gasteiger partial charge in [0.05, 0.1) is 23.4 Å². The van der Waals surface area contributed by atoms with Crippen LogP contribution in [0.3, 0.4) is 0 Å². The summed E-state index contributed by atoms with van der Waals surface area (Å²) in [5, 5.41) is 20.2. The van der Waals surface area contributed by atoms with E-state index in [-0.39, 0.29) is 24.6 Å². The highest BCUT2D eigenvalue weighted by Crippen LogP contribution is 2.10. The Bertz CT molecular complexity index is 696. The maximum Gasteiger partial charge on any atom is 0.390 e. The van der Waals surface area contributed by atoms with Crippen LogP contribution in [0.4, 0.5) is 14.6 Å². The van der Waals surface area contributed by atoms with Gasteiger partial charge in [-0.15, -0.1) is 0 Å². The molecule has 0 radical (unpaired) electrons. The third-order valence-electron chi connectivity index (χ3n) is 2.81. The van der Waals surface area contributed by atoms with Crippen LogP contribution >= 0.6 is 0 Å². The molecule has 22 heavy (non-hydrogen) atoms. The molecule has 0 fully saturated rings. The van der Waals surface area contributed by atoms with Crippen LogP contribution in [0, 0.1) is 17.0 Å². The largest absolute Gasteiger partial charge is 0.390 e. The first kappa shape index (κ1) is 15.5. The molecule has 11 heteroatoms. The molecular formula is C11H12F2N6O3. The zero-order chi connectivity index (χ0) is 16.3. The number of halogens is 2. The van der Waals surface area contributed by atoms with Crippen LogP contribution in [-0.2, 0) is 6.54 Å². The lowest BCUT2D eigenvalue weighted by molar-refractivity contribution is -0.389. The Balaban J connectivity index is 1.90. The normalized spacial score (nSPS) is 10.9. The van der Waals surface area contributed by atoms with Gasteiger partial charge in [-0.1, -0.05) is 0 Å². The number of aromatic nitrogens is 4.